The van der Waals surface area contributed by atoms with Crippen LogP contribution < -0.4 is 5.32 Å². The van der Waals surface area contributed by atoms with Gasteiger partial charge in [-0.2, -0.15) is 8.78 Å². The molecule has 110 valence electrons. The SMILES string of the molecule is CC1CCC(O)(CNCC2CC(F)(F)C(=O)O2)CC1. The number of cyclic esters (lactones) is 1. The predicted molar refractivity (Wildman–Crippen MR) is 64.9 cm³/mol. The second-order valence-electron chi connectivity index (χ2n) is 5.97. The number of rotatable bonds is 4. The molecule has 6 heteroatoms. The van der Waals surface area contributed by atoms with Crippen molar-refractivity contribution in [2.75, 3.05) is 13.1 Å². The highest BCUT2D eigenvalue weighted by molar-refractivity contribution is 5.79. The maximum Gasteiger partial charge on any atom is 0.377 e. The van der Waals surface area contributed by atoms with Crippen LogP contribution >= 0.6 is 0 Å². The van der Waals surface area contributed by atoms with E-state index < -0.39 is 30.0 Å². The Morgan fingerprint density at radius 3 is 2.58 bits per heavy atom. The number of carbonyl (C=O) groups is 1. The fraction of sp³-hybridized carbons (Fsp3) is 0.923. The molecule has 0 spiro atoms. The zero-order valence-corrected chi connectivity index (χ0v) is 11.1. The number of ether oxygens (including phenoxy) is 1. The average molecular weight is 277 g/mol. The quantitative estimate of drug-likeness (QED) is 0.764. The Morgan fingerprint density at radius 1 is 1.42 bits per heavy atom. The third-order valence-electron chi connectivity index (χ3n) is 4.09. The molecule has 1 aliphatic carbocycles. The first-order valence-corrected chi connectivity index (χ1v) is 6.83. The first-order chi connectivity index (χ1) is 8.81. The second-order valence-corrected chi connectivity index (χ2v) is 5.97. The Bertz CT molecular complexity index is 341. The summed E-state index contributed by atoms with van der Waals surface area (Å²) in [5.41, 5.74) is -0.752. The molecule has 0 radical (unpaired) electrons. The van der Waals surface area contributed by atoms with Crippen LogP contribution in [0.2, 0.25) is 0 Å². The molecule has 0 aromatic rings. The Kier molecular flexibility index (Phi) is 4.11. The van der Waals surface area contributed by atoms with Crippen LogP contribution in [0.25, 0.3) is 0 Å². The van der Waals surface area contributed by atoms with Gasteiger partial charge in [0, 0.05) is 13.1 Å². The number of carbonyl (C=O) groups excluding carboxylic acids is 1. The molecule has 0 aromatic carbocycles. The molecule has 0 aromatic heterocycles. The second kappa shape index (κ2) is 5.32. The summed E-state index contributed by atoms with van der Waals surface area (Å²) in [7, 11) is 0. The lowest BCUT2D eigenvalue weighted by molar-refractivity contribution is -0.159. The van der Waals surface area contributed by atoms with Crippen molar-refractivity contribution in [2.45, 2.75) is 56.7 Å². The van der Waals surface area contributed by atoms with Crippen LogP contribution in [0, 0.1) is 5.92 Å². The first kappa shape index (κ1) is 14.7. The van der Waals surface area contributed by atoms with E-state index in [-0.39, 0.29) is 6.54 Å². The third-order valence-corrected chi connectivity index (χ3v) is 4.09. The Morgan fingerprint density at radius 2 is 2.05 bits per heavy atom. The summed E-state index contributed by atoms with van der Waals surface area (Å²) in [6.45, 7) is 2.69. The van der Waals surface area contributed by atoms with E-state index >= 15 is 0 Å². The van der Waals surface area contributed by atoms with Gasteiger partial charge in [-0.3, -0.25) is 0 Å². The zero-order valence-electron chi connectivity index (χ0n) is 11.1. The number of hydrogen-bond donors (Lipinski definition) is 2. The van der Waals surface area contributed by atoms with Crippen molar-refractivity contribution in [1.82, 2.24) is 5.32 Å². The van der Waals surface area contributed by atoms with Gasteiger partial charge in [-0.1, -0.05) is 6.92 Å². The molecule has 2 rings (SSSR count). The van der Waals surface area contributed by atoms with E-state index in [0.717, 1.165) is 25.7 Å². The minimum absolute atomic E-state index is 0.166. The molecule has 19 heavy (non-hydrogen) atoms. The van der Waals surface area contributed by atoms with Crippen molar-refractivity contribution in [2.24, 2.45) is 5.92 Å². The summed E-state index contributed by atoms with van der Waals surface area (Å²) < 4.78 is 30.5. The van der Waals surface area contributed by atoms with Gasteiger partial charge in [0.2, 0.25) is 0 Å². The lowest BCUT2D eigenvalue weighted by Crippen LogP contribution is -2.45. The molecule has 2 aliphatic rings. The van der Waals surface area contributed by atoms with Crippen molar-refractivity contribution in [3.63, 3.8) is 0 Å². The fourth-order valence-corrected chi connectivity index (χ4v) is 2.70. The van der Waals surface area contributed by atoms with Crippen LogP contribution in [0.3, 0.4) is 0 Å². The van der Waals surface area contributed by atoms with Crippen LogP contribution in [-0.4, -0.2) is 41.8 Å². The summed E-state index contributed by atoms with van der Waals surface area (Å²) in [5, 5.41) is 13.2. The Hall–Kier alpha value is -0.750. The third kappa shape index (κ3) is 3.63. The Labute approximate surface area is 111 Å². The van der Waals surface area contributed by atoms with E-state index in [2.05, 4.69) is 17.0 Å². The van der Waals surface area contributed by atoms with Gasteiger partial charge in [-0.15, -0.1) is 0 Å². The Balaban J connectivity index is 1.71. The average Bonchev–Trinajstić information content (AvgIpc) is 2.57. The molecular weight excluding hydrogens is 256 g/mol. The maximum atomic E-state index is 12.9. The standard InChI is InChI=1S/C13H21F2NO3/c1-9-2-4-12(18,5-3-9)8-16-7-10-6-13(14,15)11(17)19-10/h9-10,16,18H,2-8H2,1H3. The lowest BCUT2D eigenvalue weighted by Gasteiger charge is -2.35. The van der Waals surface area contributed by atoms with Gasteiger partial charge in [0.1, 0.15) is 6.10 Å². The predicted octanol–water partition coefficient (Wildman–Crippen LogP) is 1.47. The minimum Gasteiger partial charge on any atom is -0.456 e. The van der Waals surface area contributed by atoms with E-state index in [4.69, 9.17) is 0 Å². The van der Waals surface area contributed by atoms with E-state index in [9.17, 15) is 18.7 Å². The molecule has 0 bridgehead atoms. The van der Waals surface area contributed by atoms with Crippen LogP contribution in [0.5, 0.6) is 0 Å². The summed E-state index contributed by atoms with van der Waals surface area (Å²) in [6.07, 6.45) is 2.04. The van der Waals surface area contributed by atoms with Crippen LogP contribution in [0.4, 0.5) is 8.78 Å². The molecule has 1 atom stereocenters. The van der Waals surface area contributed by atoms with Crippen molar-refractivity contribution in [3.8, 4) is 0 Å². The highest BCUT2D eigenvalue weighted by Crippen LogP contribution is 2.32. The van der Waals surface area contributed by atoms with Crippen molar-refractivity contribution >= 4 is 5.97 Å². The summed E-state index contributed by atoms with van der Waals surface area (Å²) in [4.78, 5) is 10.8. The van der Waals surface area contributed by atoms with E-state index in [0.29, 0.717) is 12.5 Å². The maximum absolute atomic E-state index is 12.9. The summed E-state index contributed by atoms with van der Waals surface area (Å²) in [5.74, 6) is -4.16. The van der Waals surface area contributed by atoms with Gasteiger partial charge >= 0.3 is 11.9 Å². The number of nitrogens with one attached hydrogen (secondary N) is 1. The zero-order chi connectivity index (χ0) is 14.1. The molecule has 1 heterocycles. The molecule has 4 nitrogen and oxygen atoms in total. The van der Waals surface area contributed by atoms with Gasteiger partial charge in [0.25, 0.3) is 0 Å². The monoisotopic (exact) mass is 277 g/mol. The van der Waals surface area contributed by atoms with Gasteiger partial charge in [-0.05, 0) is 31.6 Å². The smallest absolute Gasteiger partial charge is 0.377 e. The normalized spacial score (nSPS) is 38.2. The highest BCUT2D eigenvalue weighted by Gasteiger charge is 2.50. The van der Waals surface area contributed by atoms with Crippen molar-refractivity contribution in [3.05, 3.63) is 0 Å². The molecule has 1 unspecified atom stereocenters. The van der Waals surface area contributed by atoms with Gasteiger partial charge < -0.3 is 15.2 Å². The largest absolute Gasteiger partial charge is 0.456 e. The lowest BCUT2D eigenvalue weighted by atomic mass is 9.79. The molecule has 1 saturated carbocycles. The summed E-state index contributed by atoms with van der Waals surface area (Å²) >= 11 is 0. The molecule has 1 aliphatic heterocycles. The van der Waals surface area contributed by atoms with E-state index in [1.165, 1.54) is 0 Å². The number of esters is 1. The first-order valence-electron chi connectivity index (χ1n) is 6.83. The van der Waals surface area contributed by atoms with Crippen LogP contribution in [0.1, 0.15) is 39.0 Å². The van der Waals surface area contributed by atoms with Crippen LogP contribution in [0.15, 0.2) is 0 Å². The molecular formula is C13H21F2NO3. The van der Waals surface area contributed by atoms with Gasteiger partial charge in [-0.25, -0.2) is 4.79 Å². The minimum atomic E-state index is -3.36. The van der Waals surface area contributed by atoms with E-state index in [1.54, 1.807) is 0 Å². The fourth-order valence-electron chi connectivity index (χ4n) is 2.70. The highest BCUT2D eigenvalue weighted by atomic mass is 19.3. The summed E-state index contributed by atoms with van der Waals surface area (Å²) in [6, 6.07) is 0. The molecule has 1 saturated heterocycles. The number of alkyl halides is 2. The number of aliphatic hydroxyl groups is 1. The molecule has 0 amide bonds. The molecule has 2 N–H and O–H groups in total. The van der Waals surface area contributed by atoms with E-state index in [1.807, 2.05) is 0 Å². The number of hydrogen-bond acceptors (Lipinski definition) is 4. The van der Waals surface area contributed by atoms with Crippen molar-refractivity contribution < 1.29 is 23.4 Å². The number of halogens is 2. The van der Waals surface area contributed by atoms with Gasteiger partial charge in [0.15, 0.2) is 0 Å². The topological polar surface area (TPSA) is 58.6 Å². The van der Waals surface area contributed by atoms with Gasteiger partial charge in [0.05, 0.1) is 12.0 Å². The van der Waals surface area contributed by atoms with Crippen molar-refractivity contribution in [1.29, 1.82) is 0 Å². The molecule has 2 fully saturated rings. The van der Waals surface area contributed by atoms with Crippen LogP contribution in [-0.2, 0) is 9.53 Å².